The van der Waals surface area contributed by atoms with Gasteiger partial charge in [-0.2, -0.15) is 0 Å². The molecule has 26 heavy (non-hydrogen) atoms. The van der Waals surface area contributed by atoms with Crippen LogP contribution in [0.15, 0.2) is 36.7 Å². The van der Waals surface area contributed by atoms with E-state index in [1.54, 1.807) is 12.4 Å². The van der Waals surface area contributed by atoms with E-state index in [4.69, 9.17) is 4.74 Å². The van der Waals surface area contributed by atoms with Crippen molar-refractivity contribution in [1.82, 2.24) is 14.9 Å². The monoisotopic (exact) mass is 353 g/mol. The lowest BCUT2D eigenvalue weighted by molar-refractivity contribution is -0.131. The minimum absolute atomic E-state index is 0.121. The van der Waals surface area contributed by atoms with Crippen molar-refractivity contribution in [3.63, 3.8) is 0 Å². The van der Waals surface area contributed by atoms with E-state index in [0.717, 1.165) is 24.7 Å². The number of hydrogen-bond acceptors (Lipinski definition) is 6. The molecule has 2 aliphatic heterocycles. The number of nitrogens with one attached hydrogen (secondary N) is 1. The number of amides is 1. The van der Waals surface area contributed by atoms with Gasteiger partial charge in [0.05, 0.1) is 13.2 Å². The summed E-state index contributed by atoms with van der Waals surface area (Å²) >= 11 is 0. The van der Waals surface area contributed by atoms with Crippen molar-refractivity contribution in [3.8, 4) is 0 Å². The molecule has 3 heterocycles. The molecule has 2 aliphatic rings. The lowest BCUT2D eigenvalue weighted by Crippen LogP contribution is -2.52. The maximum atomic E-state index is 12.8. The average molecular weight is 353 g/mol. The normalized spacial score (nSPS) is 17.7. The van der Waals surface area contributed by atoms with Crippen LogP contribution < -0.4 is 10.2 Å². The Labute approximate surface area is 153 Å². The highest BCUT2D eigenvalue weighted by molar-refractivity contribution is 5.84. The summed E-state index contributed by atoms with van der Waals surface area (Å²) in [5.41, 5.74) is 3.39. The molecule has 1 aromatic heterocycles. The molecule has 1 aromatic carbocycles. The molecule has 136 valence electrons. The number of hydrogen-bond donors (Lipinski definition) is 1. The van der Waals surface area contributed by atoms with Gasteiger partial charge in [-0.3, -0.25) is 4.79 Å². The van der Waals surface area contributed by atoms with Gasteiger partial charge in [0.25, 0.3) is 0 Å². The second kappa shape index (κ2) is 7.29. The van der Waals surface area contributed by atoms with Gasteiger partial charge in [-0.1, -0.05) is 6.07 Å². The fourth-order valence-electron chi connectivity index (χ4n) is 3.43. The number of piperazine rings is 1. The Kier molecular flexibility index (Phi) is 4.71. The fraction of sp³-hybridized carbons (Fsp3) is 0.421. The molecule has 0 spiro atoms. The lowest BCUT2D eigenvalue weighted by atomic mass is 10.1. The molecule has 4 rings (SSSR count). The second-order valence-electron chi connectivity index (χ2n) is 6.70. The van der Waals surface area contributed by atoms with E-state index >= 15 is 0 Å². The smallest absolute Gasteiger partial charge is 0.244 e. The number of fused-ring (bicyclic) bond motifs is 1. The van der Waals surface area contributed by atoms with E-state index in [1.807, 2.05) is 24.0 Å². The van der Waals surface area contributed by atoms with Crippen molar-refractivity contribution < 1.29 is 9.53 Å². The predicted octanol–water partition coefficient (Wildman–Crippen LogP) is 1.66. The van der Waals surface area contributed by atoms with Crippen LogP contribution in [0.5, 0.6) is 0 Å². The van der Waals surface area contributed by atoms with Gasteiger partial charge in [0.15, 0.2) is 0 Å². The number of anilines is 2. The maximum Gasteiger partial charge on any atom is 0.244 e. The van der Waals surface area contributed by atoms with Gasteiger partial charge in [-0.25, -0.2) is 9.97 Å². The van der Waals surface area contributed by atoms with Crippen LogP contribution in [0.25, 0.3) is 0 Å². The number of rotatable bonds is 4. The van der Waals surface area contributed by atoms with Gasteiger partial charge in [-0.15, -0.1) is 0 Å². The van der Waals surface area contributed by atoms with Gasteiger partial charge in [-0.05, 0) is 36.2 Å². The molecule has 7 heteroatoms. The predicted molar refractivity (Wildman–Crippen MR) is 98.8 cm³/mol. The molecule has 1 amide bonds. The first kappa shape index (κ1) is 16.8. The highest BCUT2D eigenvalue weighted by Crippen LogP contribution is 2.23. The fourth-order valence-corrected chi connectivity index (χ4v) is 3.43. The Morgan fingerprint density at radius 2 is 1.85 bits per heavy atom. The zero-order valence-electron chi connectivity index (χ0n) is 14.9. The van der Waals surface area contributed by atoms with Gasteiger partial charge in [0, 0.05) is 44.3 Å². The number of carbonyl (C=O) groups excluding carboxylic acids is 1. The number of aromatic nitrogens is 2. The lowest BCUT2D eigenvalue weighted by Gasteiger charge is -2.36. The molecule has 1 N–H and O–H groups in total. The van der Waals surface area contributed by atoms with Crippen molar-refractivity contribution in [3.05, 3.63) is 47.8 Å². The van der Waals surface area contributed by atoms with Crippen LogP contribution in [0.1, 0.15) is 18.1 Å². The van der Waals surface area contributed by atoms with E-state index in [2.05, 4.69) is 32.3 Å². The summed E-state index contributed by atoms with van der Waals surface area (Å²) in [5.74, 6) is 0.849. The van der Waals surface area contributed by atoms with Crippen molar-refractivity contribution in [2.75, 3.05) is 36.4 Å². The summed E-state index contributed by atoms with van der Waals surface area (Å²) in [4.78, 5) is 25.4. The molecule has 0 aliphatic carbocycles. The van der Waals surface area contributed by atoms with E-state index < -0.39 is 0 Å². The van der Waals surface area contributed by atoms with Crippen LogP contribution in [-0.4, -0.2) is 53.0 Å². The Morgan fingerprint density at radius 1 is 1.12 bits per heavy atom. The Bertz CT molecular complexity index is 775. The molecular formula is C19H23N5O2. The molecule has 1 saturated heterocycles. The number of ether oxygens (including phenoxy) is 1. The van der Waals surface area contributed by atoms with Gasteiger partial charge in [0.2, 0.25) is 11.9 Å². The van der Waals surface area contributed by atoms with Gasteiger partial charge in [0.1, 0.15) is 6.04 Å². The first-order valence-corrected chi connectivity index (χ1v) is 8.97. The SMILES string of the molecule is CC(Nc1ccc2c(c1)COC2)C(=O)N1CCN(c2ncccn2)CC1. The molecule has 1 atom stereocenters. The standard InChI is InChI=1S/C19H23N5O2/c1-14(22-17-4-3-15-12-26-13-16(15)11-17)18(25)23-7-9-24(10-8-23)19-20-5-2-6-21-19/h2-6,11,14,22H,7-10,12-13H2,1H3. The summed E-state index contributed by atoms with van der Waals surface area (Å²) in [6, 6.07) is 7.70. The average Bonchev–Trinajstić information content (AvgIpc) is 3.16. The topological polar surface area (TPSA) is 70.6 Å². The third-order valence-corrected chi connectivity index (χ3v) is 4.90. The molecule has 0 bridgehead atoms. The van der Waals surface area contributed by atoms with Crippen molar-refractivity contribution in [2.45, 2.75) is 26.2 Å². The third-order valence-electron chi connectivity index (χ3n) is 4.90. The van der Waals surface area contributed by atoms with Crippen LogP contribution in [0.4, 0.5) is 11.6 Å². The van der Waals surface area contributed by atoms with Crippen LogP contribution in [0, 0.1) is 0 Å². The molecule has 1 unspecified atom stereocenters. The largest absolute Gasteiger partial charge is 0.374 e. The van der Waals surface area contributed by atoms with Crippen LogP contribution in [-0.2, 0) is 22.7 Å². The van der Waals surface area contributed by atoms with Crippen molar-refractivity contribution in [2.24, 2.45) is 0 Å². The Hall–Kier alpha value is -2.67. The minimum Gasteiger partial charge on any atom is -0.374 e. The summed E-state index contributed by atoms with van der Waals surface area (Å²) in [6.45, 7) is 6.11. The third kappa shape index (κ3) is 3.48. The zero-order valence-corrected chi connectivity index (χ0v) is 14.9. The Balaban J connectivity index is 1.33. The van der Waals surface area contributed by atoms with Gasteiger partial charge >= 0.3 is 0 Å². The summed E-state index contributed by atoms with van der Waals surface area (Å²) in [6.07, 6.45) is 3.49. The van der Waals surface area contributed by atoms with Crippen molar-refractivity contribution >= 4 is 17.5 Å². The van der Waals surface area contributed by atoms with E-state index in [0.29, 0.717) is 26.3 Å². The summed E-state index contributed by atoms with van der Waals surface area (Å²) < 4.78 is 5.45. The van der Waals surface area contributed by atoms with Crippen LogP contribution >= 0.6 is 0 Å². The number of nitrogens with zero attached hydrogens (tertiary/aromatic N) is 4. The number of carbonyl (C=O) groups is 1. The van der Waals surface area contributed by atoms with Crippen molar-refractivity contribution in [1.29, 1.82) is 0 Å². The molecule has 1 fully saturated rings. The summed E-state index contributed by atoms with van der Waals surface area (Å²) in [7, 11) is 0. The van der Waals surface area contributed by atoms with Gasteiger partial charge < -0.3 is 19.9 Å². The molecule has 0 saturated carbocycles. The Morgan fingerprint density at radius 3 is 2.62 bits per heavy atom. The summed E-state index contributed by atoms with van der Waals surface area (Å²) in [5, 5.41) is 3.33. The first-order valence-electron chi connectivity index (χ1n) is 8.97. The quantitative estimate of drug-likeness (QED) is 0.901. The molecule has 2 aromatic rings. The van der Waals surface area contributed by atoms with Crippen LogP contribution in [0.3, 0.4) is 0 Å². The number of benzene rings is 1. The molecular weight excluding hydrogens is 330 g/mol. The maximum absolute atomic E-state index is 12.8. The second-order valence-corrected chi connectivity index (χ2v) is 6.70. The minimum atomic E-state index is -0.269. The highest BCUT2D eigenvalue weighted by atomic mass is 16.5. The first-order chi connectivity index (χ1) is 12.7. The molecule has 7 nitrogen and oxygen atoms in total. The van der Waals surface area contributed by atoms with E-state index in [-0.39, 0.29) is 11.9 Å². The van der Waals surface area contributed by atoms with Crippen LogP contribution in [0.2, 0.25) is 0 Å². The highest BCUT2D eigenvalue weighted by Gasteiger charge is 2.26. The van der Waals surface area contributed by atoms with E-state index in [1.165, 1.54) is 11.1 Å². The molecule has 0 radical (unpaired) electrons. The zero-order chi connectivity index (χ0) is 17.9. The van der Waals surface area contributed by atoms with E-state index in [9.17, 15) is 4.79 Å².